The predicted octanol–water partition coefficient (Wildman–Crippen LogP) is 11.9. The third-order valence-corrected chi connectivity index (χ3v) is 10.2. The van der Waals surface area contributed by atoms with Gasteiger partial charge in [-0.25, -0.2) is 15.0 Å². The maximum Gasteiger partial charge on any atom is 0.167 e. The van der Waals surface area contributed by atoms with Crippen molar-refractivity contribution in [3.63, 3.8) is 0 Å². The van der Waals surface area contributed by atoms with E-state index in [0.29, 0.717) is 23.4 Å². The van der Waals surface area contributed by atoms with Crippen LogP contribution in [0.15, 0.2) is 168 Å². The second-order valence-electron chi connectivity index (χ2n) is 13.2. The van der Waals surface area contributed by atoms with Crippen LogP contribution in [0.1, 0.15) is 13.0 Å². The van der Waals surface area contributed by atoms with Crippen molar-refractivity contribution in [3.05, 3.63) is 164 Å². The van der Waals surface area contributed by atoms with Crippen LogP contribution in [-0.2, 0) is 0 Å². The predicted molar refractivity (Wildman–Crippen MR) is 208 cm³/mol. The zero-order valence-corrected chi connectivity index (χ0v) is 27.9. The Balaban J connectivity index is 1.21. The van der Waals surface area contributed by atoms with Crippen molar-refractivity contribution in [2.45, 2.75) is 13.0 Å². The first kappa shape index (κ1) is 29.3. The van der Waals surface area contributed by atoms with Gasteiger partial charge in [0.25, 0.3) is 0 Å². The summed E-state index contributed by atoms with van der Waals surface area (Å²) in [6.07, 6.45) is 8.93. The minimum atomic E-state index is 0.221. The molecule has 2 atom stereocenters. The van der Waals surface area contributed by atoms with Gasteiger partial charge in [0.05, 0.1) is 17.1 Å². The Morgan fingerprint density at radius 1 is 0.471 bits per heavy atom. The fourth-order valence-electron chi connectivity index (χ4n) is 7.76. The summed E-state index contributed by atoms with van der Waals surface area (Å²) in [5.41, 5.74) is 8.94. The summed E-state index contributed by atoms with van der Waals surface area (Å²) in [7, 11) is 0. The highest BCUT2D eigenvalue weighted by Gasteiger charge is 2.25. The molecule has 0 saturated heterocycles. The summed E-state index contributed by atoms with van der Waals surface area (Å²) < 4.78 is 9.49. The lowest BCUT2D eigenvalue weighted by Crippen LogP contribution is -2.15. The summed E-state index contributed by atoms with van der Waals surface area (Å²) >= 11 is 0. The lowest BCUT2D eigenvalue weighted by Gasteiger charge is -2.24. The van der Waals surface area contributed by atoms with Crippen molar-refractivity contribution in [1.29, 1.82) is 0 Å². The van der Waals surface area contributed by atoms with Gasteiger partial charge in [-0.15, -0.1) is 0 Å². The molecule has 6 aromatic carbocycles. The molecule has 0 fully saturated rings. The van der Waals surface area contributed by atoms with Crippen molar-refractivity contribution in [2.75, 3.05) is 0 Å². The molecule has 0 aliphatic heterocycles. The number of fused-ring (bicyclic) bond motifs is 6. The van der Waals surface area contributed by atoms with Crippen LogP contribution in [0.4, 0.5) is 0 Å². The van der Waals surface area contributed by atoms with Crippen LogP contribution < -0.4 is 0 Å². The smallest absolute Gasteiger partial charge is 0.167 e. The van der Waals surface area contributed by atoms with Gasteiger partial charge in [0.2, 0.25) is 0 Å². The molecule has 0 N–H and O–H groups in total. The fourth-order valence-corrected chi connectivity index (χ4v) is 7.76. The Bertz CT molecular complexity index is 2770. The molecule has 10 rings (SSSR count). The Labute approximate surface area is 294 Å². The third-order valence-electron chi connectivity index (χ3n) is 10.2. The van der Waals surface area contributed by atoms with Gasteiger partial charge in [-0.1, -0.05) is 153 Å². The van der Waals surface area contributed by atoms with Crippen molar-refractivity contribution in [1.82, 2.24) is 19.5 Å². The second kappa shape index (κ2) is 11.8. The van der Waals surface area contributed by atoms with Gasteiger partial charge < -0.3 is 8.98 Å². The van der Waals surface area contributed by atoms with E-state index in [0.717, 1.165) is 49.8 Å². The van der Waals surface area contributed by atoms with Crippen LogP contribution >= 0.6 is 0 Å². The maximum absolute atomic E-state index is 6.99. The number of benzene rings is 6. The fraction of sp³-hybridized carbons (Fsp3) is 0.0652. The molecule has 0 saturated carbocycles. The quantitative estimate of drug-likeness (QED) is 0.185. The monoisotopic (exact) mass is 656 g/mol. The van der Waals surface area contributed by atoms with E-state index in [9.17, 15) is 0 Å². The van der Waals surface area contributed by atoms with E-state index in [-0.39, 0.29) is 6.04 Å². The highest BCUT2D eigenvalue weighted by molar-refractivity contribution is 6.19. The number of hydrogen-bond donors (Lipinski definition) is 0. The van der Waals surface area contributed by atoms with E-state index in [1.165, 1.54) is 21.8 Å². The van der Waals surface area contributed by atoms with Gasteiger partial charge in [0, 0.05) is 43.8 Å². The number of para-hydroxylation sites is 3. The number of hydrogen-bond acceptors (Lipinski definition) is 4. The van der Waals surface area contributed by atoms with E-state index in [2.05, 4.69) is 109 Å². The molecule has 9 aromatic rings. The molecule has 242 valence electrons. The van der Waals surface area contributed by atoms with Gasteiger partial charge >= 0.3 is 0 Å². The average molecular weight is 657 g/mol. The molecule has 51 heavy (non-hydrogen) atoms. The van der Waals surface area contributed by atoms with Crippen LogP contribution in [0.5, 0.6) is 0 Å². The normalized spacial score (nSPS) is 15.8. The lowest BCUT2D eigenvalue weighted by atomic mass is 9.96. The molecule has 5 heteroatoms. The average Bonchev–Trinajstić information content (AvgIpc) is 3.75. The summed E-state index contributed by atoms with van der Waals surface area (Å²) in [6, 6.07) is 48.5. The molecular weight excluding hydrogens is 625 g/mol. The van der Waals surface area contributed by atoms with Gasteiger partial charge in [-0.2, -0.15) is 0 Å². The summed E-state index contributed by atoms with van der Waals surface area (Å²) in [5.74, 6) is 2.18. The standard InChI is InChI=1S/C46H32N4O/c1-29-15-8-10-26-38(29)50-39-27-11-9-20-36(39)41-32(21-14-28-40(41)50)33-22-12-23-34-35-24-13-25-37(43(35)51-42(33)34)46-48-44(30-16-4-2-5-17-30)47-45(49-46)31-18-6-3-7-19-31/h2-29,38H,1H3. The number of allylic oxidation sites excluding steroid dienone is 4. The molecule has 3 heterocycles. The van der Waals surface area contributed by atoms with E-state index < -0.39 is 0 Å². The third kappa shape index (κ3) is 4.73. The van der Waals surface area contributed by atoms with E-state index >= 15 is 0 Å². The molecule has 1 aliphatic carbocycles. The molecule has 2 unspecified atom stereocenters. The number of nitrogens with zero attached hydrogens (tertiary/aromatic N) is 4. The Morgan fingerprint density at radius 3 is 1.71 bits per heavy atom. The van der Waals surface area contributed by atoms with Crippen molar-refractivity contribution in [2.24, 2.45) is 5.92 Å². The SMILES string of the molecule is CC1C=CC=CC1n1c2ccccc2c2c(-c3cccc4c3oc3c(-c5nc(-c6ccccc6)nc(-c6ccccc6)n5)cccc34)cccc21. The molecule has 0 radical (unpaired) electrons. The second-order valence-corrected chi connectivity index (χ2v) is 13.2. The molecule has 0 spiro atoms. The Kier molecular flexibility index (Phi) is 6.78. The molecule has 0 amide bonds. The lowest BCUT2D eigenvalue weighted by molar-refractivity contribution is 0.510. The first-order chi connectivity index (χ1) is 25.2. The highest BCUT2D eigenvalue weighted by Crippen LogP contribution is 2.45. The minimum absolute atomic E-state index is 0.221. The Hall–Kier alpha value is -6.59. The van der Waals surface area contributed by atoms with Crippen LogP contribution in [0.2, 0.25) is 0 Å². The number of aromatic nitrogens is 4. The molecule has 3 aromatic heterocycles. The Morgan fingerprint density at radius 2 is 1.00 bits per heavy atom. The van der Waals surface area contributed by atoms with E-state index in [4.69, 9.17) is 19.4 Å². The van der Waals surface area contributed by atoms with Crippen LogP contribution in [0.25, 0.3) is 89.0 Å². The highest BCUT2D eigenvalue weighted by atomic mass is 16.3. The molecule has 1 aliphatic rings. The number of rotatable bonds is 5. The summed E-state index contributed by atoms with van der Waals surface area (Å²) in [5, 5.41) is 4.54. The molecule has 5 nitrogen and oxygen atoms in total. The van der Waals surface area contributed by atoms with Crippen LogP contribution in [-0.4, -0.2) is 19.5 Å². The van der Waals surface area contributed by atoms with E-state index in [1.807, 2.05) is 66.7 Å². The van der Waals surface area contributed by atoms with Crippen LogP contribution in [0, 0.1) is 5.92 Å². The van der Waals surface area contributed by atoms with E-state index in [1.54, 1.807) is 0 Å². The minimum Gasteiger partial charge on any atom is -0.455 e. The zero-order valence-electron chi connectivity index (χ0n) is 27.9. The maximum atomic E-state index is 6.99. The molecular formula is C46H32N4O. The number of furan rings is 1. The van der Waals surface area contributed by atoms with Crippen molar-refractivity contribution in [3.8, 4) is 45.3 Å². The summed E-state index contributed by atoms with van der Waals surface area (Å²) in [6.45, 7) is 2.29. The van der Waals surface area contributed by atoms with Crippen molar-refractivity contribution < 1.29 is 4.42 Å². The summed E-state index contributed by atoms with van der Waals surface area (Å²) in [4.78, 5) is 15.0. The first-order valence-corrected chi connectivity index (χ1v) is 17.4. The van der Waals surface area contributed by atoms with Crippen molar-refractivity contribution >= 4 is 43.7 Å². The van der Waals surface area contributed by atoms with Crippen LogP contribution in [0.3, 0.4) is 0 Å². The van der Waals surface area contributed by atoms with Gasteiger partial charge in [0.1, 0.15) is 11.2 Å². The topological polar surface area (TPSA) is 56.7 Å². The van der Waals surface area contributed by atoms with Gasteiger partial charge in [-0.3, -0.25) is 0 Å². The zero-order chi connectivity index (χ0) is 33.9. The largest absolute Gasteiger partial charge is 0.455 e. The van der Waals surface area contributed by atoms with Gasteiger partial charge in [-0.05, 0) is 29.7 Å². The molecule has 0 bridgehead atoms. The van der Waals surface area contributed by atoms with Gasteiger partial charge in [0.15, 0.2) is 17.5 Å². The first-order valence-electron chi connectivity index (χ1n) is 17.4.